The fourth-order valence-corrected chi connectivity index (χ4v) is 3.12. The smallest absolute Gasteiger partial charge is 0.319 e. The Morgan fingerprint density at radius 1 is 1.25 bits per heavy atom. The number of H-pyrrole nitrogens is 1. The third-order valence-corrected chi connectivity index (χ3v) is 4.48. The lowest BCUT2D eigenvalue weighted by Gasteiger charge is -2.12. The summed E-state index contributed by atoms with van der Waals surface area (Å²) in [5.74, 6) is 0.448. The van der Waals surface area contributed by atoms with Crippen LogP contribution in [0.5, 0.6) is 11.5 Å². The Labute approximate surface area is 163 Å². The monoisotopic (exact) mass is 385 g/mol. The Morgan fingerprint density at radius 2 is 2.07 bits per heavy atom. The second kappa shape index (κ2) is 8.65. The van der Waals surface area contributed by atoms with Crippen molar-refractivity contribution in [2.45, 2.75) is 20.3 Å². The number of halogens is 1. The van der Waals surface area contributed by atoms with Crippen LogP contribution in [-0.2, 0) is 6.42 Å². The van der Waals surface area contributed by atoms with Crippen molar-refractivity contribution in [3.63, 3.8) is 0 Å². The summed E-state index contributed by atoms with van der Waals surface area (Å²) in [7, 11) is 1.40. The van der Waals surface area contributed by atoms with Crippen molar-refractivity contribution in [3.05, 3.63) is 53.5 Å². The van der Waals surface area contributed by atoms with Gasteiger partial charge in [0.25, 0.3) is 0 Å². The number of methoxy groups -OCH3 is 1. The van der Waals surface area contributed by atoms with Crippen LogP contribution in [0.15, 0.2) is 36.5 Å². The van der Waals surface area contributed by atoms with E-state index in [1.165, 1.54) is 13.2 Å². The van der Waals surface area contributed by atoms with Crippen molar-refractivity contribution in [2.24, 2.45) is 0 Å². The van der Waals surface area contributed by atoms with Gasteiger partial charge in [0, 0.05) is 35.4 Å². The summed E-state index contributed by atoms with van der Waals surface area (Å²) in [4.78, 5) is 15.4. The van der Waals surface area contributed by atoms with Crippen molar-refractivity contribution in [1.82, 2.24) is 10.3 Å². The molecule has 3 rings (SSSR count). The van der Waals surface area contributed by atoms with Gasteiger partial charge < -0.3 is 25.1 Å². The third-order valence-electron chi connectivity index (χ3n) is 4.48. The number of fused-ring (bicyclic) bond motifs is 1. The topological polar surface area (TPSA) is 75.4 Å². The minimum Gasteiger partial charge on any atom is -0.494 e. The van der Waals surface area contributed by atoms with Crippen LogP contribution in [0.4, 0.5) is 14.9 Å². The van der Waals surface area contributed by atoms with Gasteiger partial charge in [0.05, 0.1) is 13.7 Å². The highest BCUT2D eigenvalue weighted by atomic mass is 19.1. The molecule has 6 nitrogen and oxygen atoms in total. The zero-order valence-corrected chi connectivity index (χ0v) is 16.2. The Morgan fingerprint density at radius 3 is 2.82 bits per heavy atom. The second-order valence-corrected chi connectivity index (χ2v) is 6.36. The number of carbonyl (C=O) groups is 1. The van der Waals surface area contributed by atoms with Crippen LogP contribution in [0, 0.1) is 12.7 Å². The molecule has 7 heteroatoms. The van der Waals surface area contributed by atoms with E-state index in [0.717, 1.165) is 22.2 Å². The number of benzene rings is 2. The van der Waals surface area contributed by atoms with E-state index in [-0.39, 0.29) is 5.75 Å². The number of aromatic amines is 1. The summed E-state index contributed by atoms with van der Waals surface area (Å²) in [6.07, 6.45) is 2.56. The first-order valence-corrected chi connectivity index (χ1v) is 9.14. The molecule has 0 radical (unpaired) electrons. The summed E-state index contributed by atoms with van der Waals surface area (Å²) >= 11 is 0. The molecule has 2 aromatic carbocycles. The fraction of sp³-hybridized carbons (Fsp3) is 0.286. The van der Waals surface area contributed by atoms with E-state index in [2.05, 4.69) is 15.6 Å². The standard InChI is InChI=1S/C21H24FN3O3/c1-4-28-18-7-5-6-16-20(18)14(12-24-16)8-9-23-21(26)25-17-11-15(22)19(27-3)10-13(17)2/h5-7,10-12,24H,4,8-9H2,1-3H3,(H2,23,25,26). The van der Waals surface area contributed by atoms with Crippen LogP contribution < -0.4 is 20.1 Å². The molecule has 0 saturated carbocycles. The lowest BCUT2D eigenvalue weighted by molar-refractivity contribution is 0.252. The maximum absolute atomic E-state index is 13.9. The lowest BCUT2D eigenvalue weighted by atomic mass is 10.1. The number of carbonyl (C=O) groups excluding carboxylic acids is 1. The first kappa shape index (κ1) is 19.5. The van der Waals surface area contributed by atoms with Gasteiger partial charge in [-0.05, 0) is 49.6 Å². The van der Waals surface area contributed by atoms with Gasteiger partial charge in [-0.25, -0.2) is 9.18 Å². The molecule has 0 fully saturated rings. The number of ether oxygens (including phenoxy) is 2. The summed E-state index contributed by atoms with van der Waals surface area (Å²) in [5, 5.41) is 6.50. The molecule has 0 bridgehead atoms. The molecule has 28 heavy (non-hydrogen) atoms. The number of hydrogen-bond acceptors (Lipinski definition) is 3. The number of nitrogens with one attached hydrogen (secondary N) is 3. The third kappa shape index (κ3) is 4.19. The molecule has 0 spiro atoms. The maximum atomic E-state index is 13.9. The van der Waals surface area contributed by atoms with Gasteiger partial charge in [0.15, 0.2) is 11.6 Å². The van der Waals surface area contributed by atoms with E-state index in [1.54, 1.807) is 13.0 Å². The van der Waals surface area contributed by atoms with Crippen molar-refractivity contribution in [2.75, 3.05) is 25.6 Å². The van der Waals surface area contributed by atoms with E-state index < -0.39 is 11.8 Å². The highest BCUT2D eigenvalue weighted by molar-refractivity contribution is 5.91. The molecule has 0 aliphatic rings. The van der Waals surface area contributed by atoms with E-state index in [0.29, 0.717) is 30.8 Å². The Kier molecular flexibility index (Phi) is 6.03. The molecular formula is C21H24FN3O3. The van der Waals surface area contributed by atoms with Crippen LogP contribution in [0.25, 0.3) is 10.9 Å². The highest BCUT2D eigenvalue weighted by Gasteiger charge is 2.12. The van der Waals surface area contributed by atoms with Crippen LogP contribution in [-0.4, -0.2) is 31.3 Å². The average Bonchev–Trinajstić information content (AvgIpc) is 3.09. The Hall–Kier alpha value is -3.22. The SMILES string of the molecule is CCOc1cccc2[nH]cc(CCNC(=O)Nc3cc(F)c(OC)cc3C)c12. The largest absolute Gasteiger partial charge is 0.494 e. The molecule has 1 aromatic heterocycles. The van der Waals surface area contributed by atoms with Gasteiger partial charge in [-0.2, -0.15) is 0 Å². The number of aryl methyl sites for hydroxylation is 1. The van der Waals surface area contributed by atoms with Gasteiger partial charge in [0.1, 0.15) is 5.75 Å². The molecule has 1 heterocycles. The Bertz CT molecular complexity index is 984. The van der Waals surface area contributed by atoms with Crippen LogP contribution in [0.3, 0.4) is 0 Å². The maximum Gasteiger partial charge on any atom is 0.319 e. The van der Waals surface area contributed by atoms with E-state index in [9.17, 15) is 9.18 Å². The van der Waals surface area contributed by atoms with Crippen molar-refractivity contribution < 1.29 is 18.7 Å². The number of rotatable bonds is 7. The van der Waals surface area contributed by atoms with Gasteiger partial charge in [-0.1, -0.05) is 6.07 Å². The number of urea groups is 1. The predicted octanol–water partition coefficient (Wildman–Crippen LogP) is 4.39. The highest BCUT2D eigenvalue weighted by Crippen LogP contribution is 2.29. The molecule has 148 valence electrons. The molecule has 2 amide bonds. The fourth-order valence-electron chi connectivity index (χ4n) is 3.12. The normalized spacial score (nSPS) is 10.7. The van der Waals surface area contributed by atoms with E-state index in [4.69, 9.17) is 9.47 Å². The number of aromatic nitrogens is 1. The van der Waals surface area contributed by atoms with Crippen molar-refractivity contribution >= 4 is 22.6 Å². The van der Waals surface area contributed by atoms with Crippen LogP contribution >= 0.6 is 0 Å². The Balaban J connectivity index is 1.62. The molecular weight excluding hydrogens is 361 g/mol. The molecule has 0 saturated heterocycles. The second-order valence-electron chi connectivity index (χ2n) is 6.36. The molecule has 0 atom stereocenters. The summed E-state index contributed by atoms with van der Waals surface area (Å²) < 4.78 is 24.5. The number of hydrogen-bond donors (Lipinski definition) is 3. The first-order valence-electron chi connectivity index (χ1n) is 9.14. The number of amides is 2. The van der Waals surface area contributed by atoms with E-state index in [1.807, 2.05) is 31.3 Å². The zero-order valence-electron chi connectivity index (χ0n) is 16.2. The van der Waals surface area contributed by atoms with Gasteiger partial charge >= 0.3 is 6.03 Å². The molecule has 0 aliphatic heterocycles. The average molecular weight is 385 g/mol. The van der Waals surface area contributed by atoms with Crippen molar-refractivity contribution in [3.8, 4) is 11.5 Å². The first-order chi connectivity index (χ1) is 13.5. The lowest BCUT2D eigenvalue weighted by Crippen LogP contribution is -2.30. The summed E-state index contributed by atoms with van der Waals surface area (Å²) in [5.41, 5.74) is 3.17. The summed E-state index contributed by atoms with van der Waals surface area (Å²) in [6, 6.07) is 8.27. The van der Waals surface area contributed by atoms with Crippen LogP contribution in [0.2, 0.25) is 0 Å². The van der Waals surface area contributed by atoms with Gasteiger partial charge in [-0.3, -0.25) is 0 Å². The molecule has 0 unspecified atom stereocenters. The van der Waals surface area contributed by atoms with E-state index >= 15 is 0 Å². The zero-order chi connectivity index (χ0) is 20.1. The number of anilines is 1. The minimum atomic E-state index is -0.523. The summed E-state index contributed by atoms with van der Waals surface area (Å²) in [6.45, 7) is 4.74. The predicted molar refractivity (Wildman–Crippen MR) is 108 cm³/mol. The quantitative estimate of drug-likeness (QED) is 0.565. The van der Waals surface area contributed by atoms with Gasteiger partial charge in [-0.15, -0.1) is 0 Å². The van der Waals surface area contributed by atoms with Crippen LogP contribution in [0.1, 0.15) is 18.1 Å². The molecule has 0 aliphatic carbocycles. The molecule has 3 aromatic rings. The van der Waals surface area contributed by atoms with Crippen molar-refractivity contribution in [1.29, 1.82) is 0 Å². The minimum absolute atomic E-state index is 0.146. The molecule has 3 N–H and O–H groups in total. The van der Waals surface area contributed by atoms with Gasteiger partial charge in [0.2, 0.25) is 0 Å².